The van der Waals surface area contributed by atoms with E-state index in [1.54, 1.807) is 67.8 Å². The van der Waals surface area contributed by atoms with Gasteiger partial charge in [-0.1, -0.05) is 60.7 Å². The average Bonchev–Trinajstić information content (AvgIpc) is 2.82. The molecule has 1 N–H and O–H groups in total. The van der Waals surface area contributed by atoms with Crippen molar-refractivity contribution in [2.75, 3.05) is 12.4 Å². The van der Waals surface area contributed by atoms with Crippen LogP contribution in [0.3, 0.4) is 0 Å². The Hall–Kier alpha value is -4.19. The van der Waals surface area contributed by atoms with Gasteiger partial charge in [0, 0.05) is 22.7 Å². The maximum absolute atomic E-state index is 13.0. The van der Waals surface area contributed by atoms with E-state index in [0.717, 1.165) is 5.39 Å². The van der Waals surface area contributed by atoms with Crippen molar-refractivity contribution in [3.63, 3.8) is 0 Å². The zero-order chi connectivity index (χ0) is 21.6. The molecule has 3 aromatic carbocycles. The Bertz CT molecular complexity index is 1220. The number of ether oxygens (including phenoxy) is 2. The summed E-state index contributed by atoms with van der Waals surface area (Å²) in [4.78, 5) is 30.3. The highest BCUT2D eigenvalue weighted by atomic mass is 16.5. The second-order valence-corrected chi connectivity index (χ2v) is 6.81. The summed E-state index contributed by atoms with van der Waals surface area (Å²) in [5, 5.41) is 3.70. The predicted molar refractivity (Wildman–Crippen MR) is 118 cm³/mol. The Morgan fingerprint density at radius 3 is 2.45 bits per heavy atom. The highest BCUT2D eigenvalue weighted by Gasteiger charge is 2.26. The molecule has 1 heterocycles. The van der Waals surface area contributed by atoms with Crippen LogP contribution in [0, 0.1) is 0 Å². The molecule has 1 atom stereocenters. The van der Waals surface area contributed by atoms with Gasteiger partial charge in [-0.05, 0) is 24.3 Å². The minimum atomic E-state index is -1.15. The number of nitrogens with one attached hydrogen (secondary N) is 1. The van der Waals surface area contributed by atoms with Gasteiger partial charge in [0.25, 0.3) is 5.91 Å². The summed E-state index contributed by atoms with van der Waals surface area (Å²) < 4.78 is 10.8. The summed E-state index contributed by atoms with van der Waals surface area (Å²) in [6, 6.07) is 26.7. The molecule has 0 fully saturated rings. The van der Waals surface area contributed by atoms with Crippen molar-refractivity contribution in [2.45, 2.75) is 6.10 Å². The number of rotatable bonds is 6. The normalized spacial score (nSPS) is 11.5. The average molecular weight is 412 g/mol. The van der Waals surface area contributed by atoms with Crippen LogP contribution in [0.15, 0.2) is 91.0 Å². The van der Waals surface area contributed by atoms with Gasteiger partial charge in [-0.15, -0.1) is 0 Å². The highest BCUT2D eigenvalue weighted by molar-refractivity contribution is 5.98. The third kappa shape index (κ3) is 4.70. The lowest BCUT2D eigenvalue weighted by molar-refractivity contribution is -0.125. The van der Waals surface area contributed by atoms with Gasteiger partial charge in [0.05, 0.1) is 12.6 Å². The number of amides is 1. The fraction of sp³-hybridized carbons (Fsp3) is 0.0800. The number of nitrogens with zero attached hydrogens (tertiary/aromatic N) is 1. The van der Waals surface area contributed by atoms with E-state index in [0.29, 0.717) is 22.5 Å². The molecule has 0 saturated carbocycles. The molecule has 154 valence electrons. The summed E-state index contributed by atoms with van der Waals surface area (Å²) in [7, 11) is 1.55. The van der Waals surface area contributed by atoms with Crippen LogP contribution in [0.2, 0.25) is 0 Å². The van der Waals surface area contributed by atoms with E-state index in [1.165, 1.54) is 0 Å². The van der Waals surface area contributed by atoms with E-state index in [-0.39, 0.29) is 5.69 Å². The van der Waals surface area contributed by atoms with Crippen molar-refractivity contribution < 1.29 is 19.1 Å². The fourth-order valence-corrected chi connectivity index (χ4v) is 3.16. The second kappa shape index (κ2) is 9.09. The number of hydrogen-bond acceptors (Lipinski definition) is 5. The zero-order valence-electron chi connectivity index (χ0n) is 16.8. The van der Waals surface area contributed by atoms with Crippen LogP contribution in [0.25, 0.3) is 10.9 Å². The number of hydrogen-bond donors (Lipinski definition) is 1. The van der Waals surface area contributed by atoms with E-state index in [1.807, 2.05) is 30.3 Å². The molecule has 1 aromatic heterocycles. The van der Waals surface area contributed by atoms with Gasteiger partial charge in [-0.3, -0.25) is 4.79 Å². The van der Waals surface area contributed by atoms with E-state index in [2.05, 4.69) is 10.3 Å². The van der Waals surface area contributed by atoms with E-state index >= 15 is 0 Å². The molecule has 4 aromatic rings. The van der Waals surface area contributed by atoms with Crippen molar-refractivity contribution in [1.29, 1.82) is 0 Å². The lowest BCUT2D eigenvalue weighted by Gasteiger charge is -2.18. The number of para-hydroxylation sites is 1. The van der Waals surface area contributed by atoms with Crippen molar-refractivity contribution in [2.24, 2.45) is 0 Å². The standard InChI is InChI=1S/C25H20N2O4/c1-30-20-12-7-11-19(16-20)26-24(28)23(18-9-3-2-4-10-18)31-25(29)22-15-14-17-8-5-6-13-21(17)27-22/h2-16,23H,1H3,(H,26,28)/t23-/m1/s1. The summed E-state index contributed by atoms with van der Waals surface area (Å²) in [6.07, 6.45) is -1.15. The molecule has 1 amide bonds. The third-order valence-electron chi connectivity index (χ3n) is 4.71. The minimum absolute atomic E-state index is 0.133. The van der Waals surface area contributed by atoms with E-state index < -0.39 is 18.0 Å². The molecule has 0 bridgehead atoms. The lowest BCUT2D eigenvalue weighted by Crippen LogP contribution is -2.26. The molecule has 0 aliphatic heterocycles. The van der Waals surface area contributed by atoms with Crippen LogP contribution in [0.1, 0.15) is 22.2 Å². The van der Waals surface area contributed by atoms with Crippen LogP contribution in [-0.4, -0.2) is 24.0 Å². The van der Waals surface area contributed by atoms with Crippen LogP contribution in [0.4, 0.5) is 5.69 Å². The van der Waals surface area contributed by atoms with E-state index in [9.17, 15) is 9.59 Å². The number of fused-ring (bicyclic) bond motifs is 1. The quantitative estimate of drug-likeness (QED) is 0.461. The summed E-state index contributed by atoms with van der Waals surface area (Å²) in [6.45, 7) is 0. The summed E-state index contributed by atoms with van der Waals surface area (Å²) in [5.41, 5.74) is 1.89. The Morgan fingerprint density at radius 1 is 0.871 bits per heavy atom. The van der Waals surface area contributed by atoms with Gasteiger partial charge < -0.3 is 14.8 Å². The largest absolute Gasteiger partial charge is 0.497 e. The number of anilines is 1. The van der Waals surface area contributed by atoms with Gasteiger partial charge in [-0.25, -0.2) is 9.78 Å². The van der Waals surface area contributed by atoms with Crippen molar-refractivity contribution in [1.82, 2.24) is 4.98 Å². The lowest BCUT2D eigenvalue weighted by atomic mass is 10.1. The molecule has 6 nitrogen and oxygen atoms in total. The third-order valence-corrected chi connectivity index (χ3v) is 4.71. The number of methoxy groups -OCH3 is 1. The molecule has 0 aliphatic carbocycles. The van der Waals surface area contributed by atoms with Crippen LogP contribution in [0.5, 0.6) is 5.75 Å². The van der Waals surface area contributed by atoms with Crippen molar-refractivity contribution in [3.05, 3.63) is 102 Å². The minimum Gasteiger partial charge on any atom is -0.497 e. The second-order valence-electron chi connectivity index (χ2n) is 6.81. The smallest absolute Gasteiger partial charge is 0.358 e. The first-order valence-corrected chi connectivity index (χ1v) is 9.71. The van der Waals surface area contributed by atoms with Crippen LogP contribution >= 0.6 is 0 Å². The molecular weight excluding hydrogens is 392 g/mol. The summed E-state index contributed by atoms with van der Waals surface area (Å²) >= 11 is 0. The van der Waals surface area contributed by atoms with Crippen LogP contribution < -0.4 is 10.1 Å². The van der Waals surface area contributed by atoms with Gasteiger partial charge >= 0.3 is 5.97 Å². The fourth-order valence-electron chi connectivity index (χ4n) is 3.16. The summed E-state index contributed by atoms with van der Waals surface area (Å²) in [5.74, 6) is -0.555. The molecule has 0 saturated heterocycles. The molecular formula is C25H20N2O4. The number of carbonyl (C=O) groups is 2. The van der Waals surface area contributed by atoms with Gasteiger partial charge in [-0.2, -0.15) is 0 Å². The molecule has 0 radical (unpaired) electrons. The number of carbonyl (C=O) groups excluding carboxylic acids is 2. The Kier molecular flexibility index (Phi) is 5.89. The molecule has 0 unspecified atom stereocenters. The molecule has 4 rings (SSSR count). The number of pyridine rings is 1. The zero-order valence-corrected chi connectivity index (χ0v) is 16.8. The van der Waals surface area contributed by atoms with Crippen molar-refractivity contribution in [3.8, 4) is 5.75 Å². The molecule has 31 heavy (non-hydrogen) atoms. The first-order valence-electron chi connectivity index (χ1n) is 9.71. The number of benzene rings is 3. The van der Waals surface area contributed by atoms with E-state index in [4.69, 9.17) is 9.47 Å². The van der Waals surface area contributed by atoms with Crippen LogP contribution in [-0.2, 0) is 9.53 Å². The Labute approximate surface area is 179 Å². The van der Waals surface area contributed by atoms with Crippen molar-refractivity contribution >= 4 is 28.5 Å². The Balaban J connectivity index is 1.59. The predicted octanol–water partition coefficient (Wildman–Crippen LogP) is 4.78. The van der Waals surface area contributed by atoms with Gasteiger partial charge in [0.15, 0.2) is 0 Å². The first-order chi connectivity index (χ1) is 15.1. The van der Waals surface area contributed by atoms with Gasteiger partial charge in [0.2, 0.25) is 6.10 Å². The van der Waals surface area contributed by atoms with Gasteiger partial charge in [0.1, 0.15) is 11.4 Å². The highest BCUT2D eigenvalue weighted by Crippen LogP contribution is 2.23. The first kappa shape index (κ1) is 20.1. The number of aromatic nitrogens is 1. The monoisotopic (exact) mass is 412 g/mol. The molecule has 6 heteroatoms. The number of esters is 1. The Morgan fingerprint density at radius 2 is 1.65 bits per heavy atom. The molecule has 0 spiro atoms. The molecule has 0 aliphatic rings. The topological polar surface area (TPSA) is 77.5 Å². The SMILES string of the molecule is COc1cccc(NC(=O)[C@H](OC(=O)c2ccc3ccccc3n2)c2ccccc2)c1. The maximum atomic E-state index is 13.0. The maximum Gasteiger partial charge on any atom is 0.358 e.